The van der Waals surface area contributed by atoms with E-state index in [9.17, 15) is 14.3 Å². The van der Waals surface area contributed by atoms with Crippen LogP contribution >= 0.6 is 7.82 Å². The molecule has 2 N–H and O–H groups in total. The fourth-order valence-corrected chi connectivity index (χ4v) is 6.01. The van der Waals surface area contributed by atoms with E-state index >= 15 is 0 Å². The number of phosphoric acid groups is 1. The number of amides is 1. The van der Waals surface area contributed by atoms with Crippen LogP contribution < -0.4 is 5.32 Å². The second-order valence-electron chi connectivity index (χ2n) is 10.3. The van der Waals surface area contributed by atoms with Crippen LogP contribution in [-0.2, 0) is 23.8 Å². The minimum Gasteiger partial charge on any atom is -0.356 e. The van der Waals surface area contributed by atoms with Gasteiger partial charge in [-0.2, -0.15) is 0 Å². The molecule has 0 heterocycles. The molecule has 1 saturated carbocycles. The molecule has 6 nitrogen and oxygen atoms in total. The van der Waals surface area contributed by atoms with Crippen molar-refractivity contribution in [1.82, 2.24) is 5.32 Å². The van der Waals surface area contributed by atoms with Gasteiger partial charge in [0, 0.05) is 18.4 Å². The molecule has 1 aliphatic rings. The summed E-state index contributed by atoms with van der Waals surface area (Å²) in [5.41, 5.74) is 2.42. The number of nitrogens with one attached hydrogen (secondary N) is 1. The van der Waals surface area contributed by atoms with Gasteiger partial charge in [0.1, 0.15) is 0 Å². The smallest absolute Gasteiger partial charge is 0.356 e. The van der Waals surface area contributed by atoms with Gasteiger partial charge in [-0.15, -0.1) is 0 Å². The molecule has 0 spiro atoms. The molecule has 1 atom stereocenters. The lowest BCUT2D eigenvalue weighted by atomic mass is 9.65. The Kier molecular flexibility index (Phi) is 11.2. The summed E-state index contributed by atoms with van der Waals surface area (Å²) in [5, 5.41) is 2.93. The molecule has 0 aliphatic heterocycles. The molecule has 2 aromatic carbocycles. The third kappa shape index (κ3) is 8.85. The monoisotopic (exact) mass is 515 g/mol. The van der Waals surface area contributed by atoms with Crippen molar-refractivity contribution in [3.8, 4) is 0 Å². The summed E-state index contributed by atoms with van der Waals surface area (Å²) in [4.78, 5) is 22.1. The summed E-state index contributed by atoms with van der Waals surface area (Å²) in [6.45, 7) is 5.12. The molecule has 1 amide bonds. The fraction of sp³-hybridized carbons (Fsp3) is 0.552. The summed E-state index contributed by atoms with van der Waals surface area (Å²) < 4.78 is 23.4. The molecule has 2 aromatic rings. The van der Waals surface area contributed by atoms with Crippen molar-refractivity contribution in [3.63, 3.8) is 0 Å². The van der Waals surface area contributed by atoms with Gasteiger partial charge < -0.3 is 10.2 Å². The van der Waals surface area contributed by atoms with Gasteiger partial charge in [-0.3, -0.25) is 13.8 Å². The predicted molar refractivity (Wildman–Crippen MR) is 144 cm³/mol. The standard InChI is InChI=1S/C29H42NO5P/c1-24(2)19-22-30-28(31)16-10-5-11-23-34-36(32,33)35-27-17-20-29(21-18-27,25-12-6-3-7-13-25)26-14-8-4-9-15-26/h3-4,6-9,12-15,24,27H,5,10-11,16-23H2,1-2H3,(H,30,31)(H,32,33). The maximum atomic E-state index is 12.5. The Hall–Kier alpha value is -1.98. The van der Waals surface area contributed by atoms with Crippen molar-refractivity contribution in [1.29, 1.82) is 0 Å². The van der Waals surface area contributed by atoms with Crippen LogP contribution in [0.25, 0.3) is 0 Å². The molecule has 3 rings (SSSR count). The predicted octanol–water partition coefficient (Wildman–Crippen LogP) is 6.77. The minimum atomic E-state index is -4.12. The van der Waals surface area contributed by atoms with Gasteiger partial charge in [-0.25, -0.2) is 4.57 Å². The van der Waals surface area contributed by atoms with Gasteiger partial charge >= 0.3 is 7.82 Å². The molecule has 1 unspecified atom stereocenters. The number of carbonyl (C=O) groups excluding carboxylic acids is 1. The Bertz CT molecular complexity index is 917. The first-order chi connectivity index (χ1) is 17.3. The van der Waals surface area contributed by atoms with Crippen LogP contribution in [0.4, 0.5) is 0 Å². The number of hydrogen-bond donors (Lipinski definition) is 2. The summed E-state index contributed by atoms with van der Waals surface area (Å²) in [5.74, 6) is 0.634. The van der Waals surface area contributed by atoms with E-state index in [2.05, 4.69) is 67.7 Å². The third-order valence-electron chi connectivity index (χ3n) is 7.07. The molecular weight excluding hydrogens is 473 g/mol. The molecule has 0 saturated heterocycles. The van der Waals surface area contributed by atoms with E-state index in [1.807, 2.05) is 12.1 Å². The minimum absolute atomic E-state index is 0.0621. The zero-order valence-electron chi connectivity index (χ0n) is 21.7. The van der Waals surface area contributed by atoms with Gasteiger partial charge in [0.15, 0.2) is 0 Å². The van der Waals surface area contributed by atoms with Crippen LogP contribution in [0.5, 0.6) is 0 Å². The van der Waals surface area contributed by atoms with Crippen molar-refractivity contribution >= 4 is 13.7 Å². The molecule has 198 valence electrons. The van der Waals surface area contributed by atoms with Gasteiger partial charge in [0.05, 0.1) is 12.7 Å². The number of phosphoric ester groups is 1. The first-order valence-corrected chi connectivity index (χ1v) is 14.8. The highest BCUT2D eigenvalue weighted by Gasteiger charge is 2.40. The van der Waals surface area contributed by atoms with Gasteiger partial charge in [-0.1, -0.05) is 80.9 Å². The molecule has 1 aliphatic carbocycles. The summed E-state index contributed by atoms with van der Waals surface area (Å²) in [7, 11) is -4.12. The zero-order valence-corrected chi connectivity index (χ0v) is 22.6. The number of hydrogen-bond acceptors (Lipinski definition) is 4. The number of benzene rings is 2. The van der Waals surface area contributed by atoms with Crippen LogP contribution in [0.2, 0.25) is 0 Å². The van der Waals surface area contributed by atoms with Crippen molar-refractivity contribution in [2.24, 2.45) is 5.92 Å². The maximum absolute atomic E-state index is 12.5. The van der Waals surface area contributed by atoms with Crippen LogP contribution in [0, 0.1) is 5.92 Å². The Balaban J connectivity index is 1.40. The highest BCUT2D eigenvalue weighted by molar-refractivity contribution is 7.47. The molecule has 7 heteroatoms. The Morgan fingerprint density at radius 3 is 2.14 bits per heavy atom. The number of rotatable bonds is 14. The van der Waals surface area contributed by atoms with E-state index in [-0.39, 0.29) is 24.0 Å². The summed E-state index contributed by atoms with van der Waals surface area (Å²) >= 11 is 0. The largest absolute Gasteiger partial charge is 0.472 e. The van der Waals surface area contributed by atoms with Crippen molar-refractivity contribution in [3.05, 3.63) is 71.8 Å². The Morgan fingerprint density at radius 2 is 1.58 bits per heavy atom. The lowest BCUT2D eigenvalue weighted by Gasteiger charge is -2.41. The lowest BCUT2D eigenvalue weighted by Crippen LogP contribution is -2.35. The number of carbonyl (C=O) groups is 1. The molecule has 0 radical (unpaired) electrons. The van der Waals surface area contributed by atoms with Crippen molar-refractivity contribution < 1.29 is 23.3 Å². The highest BCUT2D eigenvalue weighted by Crippen LogP contribution is 2.51. The average Bonchev–Trinajstić information content (AvgIpc) is 2.87. The average molecular weight is 516 g/mol. The van der Waals surface area contributed by atoms with Gasteiger partial charge in [-0.05, 0) is 62.0 Å². The molecule has 1 fully saturated rings. The first kappa shape index (κ1) is 28.6. The molecule has 36 heavy (non-hydrogen) atoms. The van der Waals surface area contributed by atoms with Gasteiger partial charge in [0.2, 0.25) is 5.91 Å². The molecule has 0 aromatic heterocycles. The van der Waals surface area contributed by atoms with E-state index < -0.39 is 7.82 Å². The quantitative estimate of drug-likeness (QED) is 0.214. The van der Waals surface area contributed by atoms with Crippen LogP contribution in [-0.4, -0.2) is 30.1 Å². The normalized spacial score (nSPS) is 17.6. The van der Waals surface area contributed by atoms with Crippen molar-refractivity contribution in [2.75, 3.05) is 13.2 Å². The van der Waals surface area contributed by atoms with E-state index in [0.29, 0.717) is 38.1 Å². The van der Waals surface area contributed by atoms with Crippen LogP contribution in [0.3, 0.4) is 0 Å². The molecular formula is C29H42NO5P. The lowest BCUT2D eigenvalue weighted by molar-refractivity contribution is -0.121. The fourth-order valence-electron chi connectivity index (χ4n) is 5.00. The third-order valence-corrected chi connectivity index (χ3v) is 8.14. The van der Waals surface area contributed by atoms with E-state index in [1.54, 1.807) is 0 Å². The highest BCUT2D eigenvalue weighted by atomic mass is 31.2. The summed E-state index contributed by atoms with van der Waals surface area (Å²) in [6, 6.07) is 21.0. The maximum Gasteiger partial charge on any atom is 0.472 e. The van der Waals surface area contributed by atoms with Crippen LogP contribution in [0.1, 0.15) is 82.8 Å². The Labute approximate surface area is 216 Å². The second kappa shape index (κ2) is 14.1. The van der Waals surface area contributed by atoms with E-state index in [4.69, 9.17) is 9.05 Å². The zero-order chi connectivity index (χ0) is 25.9. The Morgan fingerprint density at radius 1 is 1.00 bits per heavy atom. The van der Waals surface area contributed by atoms with Crippen molar-refractivity contribution in [2.45, 2.75) is 83.2 Å². The molecule has 0 bridgehead atoms. The van der Waals surface area contributed by atoms with Crippen LogP contribution in [0.15, 0.2) is 60.7 Å². The van der Waals surface area contributed by atoms with E-state index in [1.165, 1.54) is 11.1 Å². The first-order valence-electron chi connectivity index (χ1n) is 13.3. The van der Waals surface area contributed by atoms with E-state index in [0.717, 1.165) is 32.1 Å². The SMILES string of the molecule is CC(C)CCNC(=O)CCCCCOP(=O)(O)OC1CCC(c2ccccc2)(c2ccccc2)CC1. The number of unbranched alkanes of at least 4 members (excludes halogenated alkanes) is 2. The summed E-state index contributed by atoms with van der Waals surface area (Å²) in [6.07, 6.45) is 6.29. The van der Waals surface area contributed by atoms with Gasteiger partial charge in [0.25, 0.3) is 0 Å². The second-order valence-corrected chi connectivity index (χ2v) is 11.7. The topological polar surface area (TPSA) is 84.9 Å².